The van der Waals surface area contributed by atoms with Crippen molar-refractivity contribution in [3.63, 3.8) is 0 Å². The van der Waals surface area contributed by atoms with Crippen molar-refractivity contribution in [2.75, 3.05) is 18.4 Å². The summed E-state index contributed by atoms with van der Waals surface area (Å²) in [6, 6.07) is 12.7. The minimum atomic E-state index is -3.58. The fourth-order valence-electron chi connectivity index (χ4n) is 3.97. The number of benzene rings is 2. The molecule has 0 amide bonds. The zero-order valence-electron chi connectivity index (χ0n) is 18.7. The van der Waals surface area contributed by atoms with Crippen LogP contribution in [-0.2, 0) is 16.6 Å². The second-order valence-electron chi connectivity index (χ2n) is 8.72. The van der Waals surface area contributed by atoms with Crippen LogP contribution in [0, 0.1) is 6.92 Å². The van der Waals surface area contributed by atoms with E-state index in [1.54, 1.807) is 22.5 Å². The Balaban J connectivity index is 1.42. The van der Waals surface area contributed by atoms with E-state index in [1.807, 2.05) is 31.2 Å². The Bertz CT molecular complexity index is 1230. The molecule has 0 radical (unpaired) electrons. The van der Waals surface area contributed by atoms with Gasteiger partial charge in [0.15, 0.2) is 11.6 Å². The Morgan fingerprint density at radius 2 is 1.94 bits per heavy atom. The number of nitrogens with zero attached hydrogens (tertiary/aromatic N) is 3. The van der Waals surface area contributed by atoms with E-state index in [-0.39, 0.29) is 11.4 Å². The van der Waals surface area contributed by atoms with Gasteiger partial charge in [-0.15, -0.1) is 0 Å². The normalized spacial score (nSPS) is 17.1. The number of piperidine rings is 1. The summed E-state index contributed by atoms with van der Waals surface area (Å²) in [5, 5.41) is 7.30. The molecule has 0 spiro atoms. The van der Waals surface area contributed by atoms with Gasteiger partial charge in [0.25, 0.3) is 0 Å². The predicted molar refractivity (Wildman–Crippen MR) is 124 cm³/mol. The third-order valence-electron chi connectivity index (χ3n) is 5.98. The minimum absolute atomic E-state index is 0.243. The smallest absolute Gasteiger partial charge is 0.245 e. The zero-order chi connectivity index (χ0) is 22.8. The Morgan fingerprint density at radius 1 is 1.12 bits per heavy atom. The number of ether oxygens (including phenoxy) is 1. The van der Waals surface area contributed by atoms with Gasteiger partial charge in [0.2, 0.25) is 15.9 Å². The molecule has 33 heavy (non-hydrogen) atoms. The lowest BCUT2D eigenvalue weighted by Crippen LogP contribution is -2.35. The fourth-order valence-corrected chi connectivity index (χ4v) is 5.52. The van der Waals surface area contributed by atoms with Crippen LogP contribution < -0.4 is 10.1 Å². The van der Waals surface area contributed by atoms with Crippen molar-refractivity contribution >= 4 is 15.7 Å². The fraction of sp³-hybridized carbons (Fsp3) is 0.417. The summed E-state index contributed by atoms with van der Waals surface area (Å²) in [6.45, 7) is 3.38. The van der Waals surface area contributed by atoms with Crippen LogP contribution in [-0.4, -0.2) is 36.0 Å². The number of nitrogens with one attached hydrogen (secondary N) is 1. The van der Waals surface area contributed by atoms with E-state index in [9.17, 15) is 8.42 Å². The van der Waals surface area contributed by atoms with Gasteiger partial charge in [0.05, 0.1) is 17.1 Å². The Morgan fingerprint density at radius 3 is 2.70 bits per heavy atom. The van der Waals surface area contributed by atoms with Crippen molar-refractivity contribution in [3.8, 4) is 11.5 Å². The molecule has 1 N–H and O–H groups in total. The van der Waals surface area contributed by atoms with Gasteiger partial charge >= 0.3 is 0 Å². The Labute approximate surface area is 194 Å². The standard InChI is InChI=1S/C24H28N4O4S/c1-17-6-5-7-19(14-17)31-22-11-10-20(33(29,30)28-12-3-2-4-13-28)15-21(22)25-16-23-26-24(27-32-23)18-8-9-18/h5-7,10-11,14-15,18,25H,2-4,8-9,12-13,16H2,1H3. The van der Waals surface area contributed by atoms with E-state index in [0.29, 0.717) is 42.1 Å². The minimum Gasteiger partial charge on any atom is -0.455 e. The maximum atomic E-state index is 13.2. The zero-order valence-corrected chi connectivity index (χ0v) is 19.5. The van der Waals surface area contributed by atoms with Gasteiger partial charge < -0.3 is 14.6 Å². The molecule has 2 heterocycles. The average molecular weight is 469 g/mol. The summed E-state index contributed by atoms with van der Waals surface area (Å²) in [5.74, 6) is 2.81. The monoisotopic (exact) mass is 468 g/mol. The van der Waals surface area contributed by atoms with E-state index >= 15 is 0 Å². The maximum absolute atomic E-state index is 13.2. The number of rotatable bonds is 8. The molecule has 1 aromatic heterocycles. The summed E-state index contributed by atoms with van der Waals surface area (Å²) >= 11 is 0. The van der Waals surface area contributed by atoms with Gasteiger partial charge in [-0.25, -0.2) is 8.42 Å². The molecular formula is C24H28N4O4S. The highest BCUT2D eigenvalue weighted by Gasteiger charge is 2.29. The van der Waals surface area contributed by atoms with Crippen LogP contribution in [0.1, 0.15) is 55.3 Å². The summed E-state index contributed by atoms with van der Waals surface area (Å²) in [4.78, 5) is 4.69. The molecule has 9 heteroatoms. The van der Waals surface area contributed by atoms with Crippen LogP contribution in [0.15, 0.2) is 51.9 Å². The molecule has 3 aromatic rings. The Hall–Kier alpha value is -2.91. The molecule has 1 saturated heterocycles. The first-order chi connectivity index (χ1) is 16.0. The van der Waals surface area contributed by atoms with Gasteiger partial charge in [-0.3, -0.25) is 0 Å². The molecule has 1 aliphatic carbocycles. The summed E-state index contributed by atoms with van der Waals surface area (Å²) in [6.07, 6.45) is 5.03. The molecule has 1 saturated carbocycles. The number of sulfonamides is 1. The van der Waals surface area contributed by atoms with Crippen molar-refractivity contribution < 1.29 is 17.7 Å². The molecule has 0 bridgehead atoms. The van der Waals surface area contributed by atoms with E-state index in [2.05, 4.69) is 15.5 Å². The van der Waals surface area contributed by atoms with Crippen LogP contribution in [0.25, 0.3) is 0 Å². The maximum Gasteiger partial charge on any atom is 0.245 e. The lowest BCUT2D eigenvalue weighted by Gasteiger charge is -2.26. The highest BCUT2D eigenvalue weighted by molar-refractivity contribution is 7.89. The van der Waals surface area contributed by atoms with Crippen molar-refractivity contribution in [2.45, 2.75) is 56.4 Å². The number of anilines is 1. The molecule has 174 valence electrons. The first-order valence-electron chi connectivity index (χ1n) is 11.4. The number of hydrogen-bond acceptors (Lipinski definition) is 7. The predicted octanol–water partition coefficient (Wildman–Crippen LogP) is 4.83. The van der Waals surface area contributed by atoms with Crippen molar-refractivity contribution in [3.05, 3.63) is 59.7 Å². The largest absolute Gasteiger partial charge is 0.455 e. The van der Waals surface area contributed by atoms with Crippen LogP contribution in [0.4, 0.5) is 5.69 Å². The first-order valence-corrected chi connectivity index (χ1v) is 12.9. The van der Waals surface area contributed by atoms with Gasteiger partial charge in [-0.1, -0.05) is 23.7 Å². The SMILES string of the molecule is Cc1cccc(Oc2ccc(S(=O)(=O)N3CCCCC3)cc2NCc2nc(C3CC3)no2)c1. The third kappa shape index (κ3) is 5.04. The Kier molecular flexibility index (Phi) is 6.07. The molecule has 2 fully saturated rings. The van der Waals surface area contributed by atoms with Crippen LogP contribution in [0.2, 0.25) is 0 Å². The van der Waals surface area contributed by atoms with Crippen molar-refractivity contribution in [2.24, 2.45) is 0 Å². The van der Waals surface area contributed by atoms with Gasteiger partial charge in [0.1, 0.15) is 5.75 Å². The van der Waals surface area contributed by atoms with Crippen molar-refractivity contribution in [1.82, 2.24) is 14.4 Å². The first kappa shape index (κ1) is 21.9. The van der Waals surface area contributed by atoms with Crippen LogP contribution >= 0.6 is 0 Å². The van der Waals surface area contributed by atoms with Gasteiger partial charge in [0, 0.05) is 19.0 Å². The molecular weight excluding hydrogens is 440 g/mol. The lowest BCUT2D eigenvalue weighted by molar-refractivity contribution is 0.346. The molecule has 8 nitrogen and oxygen atoms in total. The molecule has 0 atom stereocenters. The number of hydrogen-bond donors (Lipinski definition) is 1. The molecule has 1 aliphatic heterocycles. The van der Waals surface area contributed by atoms with Gasteiger partial charge in [-0.05, 0) is 68.5 Å². The summed E-state index contributed by atoms with van der Waals surface area (Å²) in [7, 11) is -3.58. The number of aryl methyl sites for hydroxylation is 1. The van der Waals surface area contributed by atoms with Crippen LogP contribution in [0.5, 0.6) is 11.5 Å². The van der Waals surface area contributed by atoms with E-state index in [1.165, 1.54) is 0 Å². The summed E-state index contributed by atoms with van der Waals surface area (Å²) < 4.78 is 39.5. The average Bonchev–Trinajstić information content (AvgIpc) is 3.57. The quantitative estimate of drug-likeness (QED) is 0.505. The topological polar surface area (TPSA) is 97.6 Å². The van der Waals surface area contributed by atoms with Gasteiger partial charge in [-0.2, -0.15) is 9.29 Å². The highest BCUT2D eigenvalue weighted by Crippen LogP contribution is 2.38. The number of aromatic nitrogens is 2. The van der Waals surface area contributed by atoms with E-state index < -0.39 is 10.0 Å². The van der Waals surface area contributed by atoms with E-state index in [4.69, 9.17) is 9.26 Å². The van der Waals surface area contributed by atoms with Crippen LogP contribution in [0.3, 0.4) is 0 Å². The molecule has 2 aromatic carbocycles. The molecule has 0 unspecified atom stereocenters. The second-order valence-corrected chi connectivity index (χ2v) is 10.7. The van der Waals surface area contributed by atoms with E-state index in [0.717, 1.165) is 43.5 Å². The molecule has 2 aliphatic rings. The highest BCUT2D eigenvalue weighted by atomic mass is 32.2. The third-order valence-corrected chi connectivity index (χ3v) is 7.87. The summed E-state index contributed by atoms with van der Waals surface area (Å²) in [5.41, 5.74) is 1.63. The molecule has 5 rings (SSSR count). The van der Waals surface area contributed by atoms with Crippen molar-refractivity contribution in [1.29, 1.82) is 0 Å². The second kappa shape index (κ2) is 9.15. The lowest BCUT2D eigenvalue weighted by atomic mass is 10.2.